The average Bonchev–Trinajstić information content (AvgIpc) is 2.17. The molecule has 1 aliphatic heterocycles. The zero-order valence-corrected chi connectivity index (χ0v) is 8.55. The van der Waals surface area contributed by atoms with E-state index in [1.54, 1.807) is 24.4 Å². The van der Waals surface area contributed by atoms with E-state index in [9.17, 15) is 10.3 Å². The molecule has 0 spiro atoms. The lowest BCUT2D eigenvalue weighted by Gasteiger charge is -2.40. The molecule has 0 radical (unpaired) electrons. The molecule has 2 rings (SSSR count). The lowest BCUT2D eigenvalue weighted by atomic mass is 10.2. The van der Waals surface area contributed by atoms with Crippen molar-refractivity contribution in [3.63, 3.8) is 0 Å². The van der Waals surface area contributed by atoms with Crippen LogP contribution in [0.1, 0.15) is 6.92 Å². The molecule has 3 nitrogen and oxygen atoms in total. The molecule has 3 heteroatoms. The van der Waals surface area contributed by atoms with Gasteiger partial charge in [0, 0.05) is 5.57 Å². The third-order valence-electron chi connectivity index (χ3n) is 2.40. The Morgan fingerprint density at radius 3 is 2.53 bits per heavy atom. The normalized spacial score (nSPS) is 25.7. The second kappa shape index (κ2) is 3.53. The number of allylic oxidation sites excluding steroid dienone is 2. The fourth-order valence-corrected chi connectivity index (χ4v) is 1.81. The quantitative estimate of drug-likeness (QED) is 0.563. The smallest absolute Gasteiger partial charge is 0.148 e. The summed E-state index contributed by atoms with van der Waals surface area (Å²) in [6.07, 6.45) is 3.23. The van der Waals surface area contributed by atoms with Gasteiger partial charge in [0.25, 0.3) is 0 Å². The summed E-state index contributed by atoms with van der Waals surface area (Å²) >= 11 is 0. The molecule has 0 bridgehead atoms. The van der Waals surface area contributed by atoms with Gasteiger partial charge in [0.2, 0.25) is 0 Å². The fourth-order valence-electron chi connectivity index (χ4n) is 1.81. The molecule has 1 N–H and O–H groups in total. The van der Waals surface area contributed by atoms with E-state index in [2.05, 4.69) is 0 Å². The van der Waals surface area contributed by atoms with Crippen molar-refractivity contribution < 1.29 is 5.11 Å². The second-order valence-electron chi connectivity index (χ2n) is 3.80. The molecule has 78 valence electrons. The molecule has 0 aromatic heterocycles. The van der Waals surface area contributed by atoms with Crippen LogP contribution in [-0.2, 0) is 0 Å². The van der Waals surface area contributed by atoms with Crippen molar-refractivity contribution in [3.05, 3.63) is 59.1 Å². The van der Waals surface area contributed by atoms with E-state index in [-0.39, 0.29) is 12.3 Å². The van der Waals surface area contributed by atoms with Gasteiger partial charge in [-0.05, 0) is 25.1 Å². The van der Waals surface area contributed by atoms with Crippen LogP contribution in [0, 0.1) is 5.21 Å². The Balaban J connectivity index is 2.42. The number of nitrogens with zero attached hydrogens (tertiary/aromatic N) is 1. The molecule has 0 saturated heterocycles. The average molecular weight is 203 g/mol. The van der Waals surface area contributed by atoms with Gasteiger partial charge in [-0.15, -0.1) is 0 Å². The first-order valence-corrected chi connectivity index (χ1v) is 4.83. The summed E-state index contributed by atoms with van der Waals surface area (Å²) in [4.78, 5) is 0. The Bertz CT molecular complexity index is 423. The fraction of sp³-hybridized carbons (Fsp3) is 0.167. The summed E-state index contributed by atoms with van der Waals surface area (Å²) in [7, 11) is 0. The minimum absolute atomic E-state index is 0.0708. The van der Waals surface area contributed by atoms with Crippen LogP contribution < -0.4 is 4.65 Å². The molecule has 1 aromatic carbocycles. The standard InChI is InChI=1S/C12H13NO2/c1-10-7-12(14)9-13(15,8-10)11-5-3-2-4-6-11/h2-8,14H,9H2,1H3/t13-/m1/s1. The predicted molar refractivity (Wildman–Crippen MR) is 60.9 cm³/mol. The molecule has 0 aliphatic carbocycles. The molecule has 0 fully saturated rings. The first-order chi connectivity index (χ1) is 7.10. The van der Waals surface area contributed by atoms with Crippen molar-refractivity contribution in [1.29, 1.82) is 0 Å². The minimum atomic E-state index is -0.616. The van der Waals surface area contributed by atoms with Crippen molar-refractivity contribution >= 4 is 5.69 Å². The number of aliphatic hydroxyl groups is 1. The molecule has 1 aliphatic rings. The van der Waals surface area contributed by atoms with Crippen molar-refractivity contribution in [2.45, 2.75) is 6.92 Å². The van der Waals surface area contributed by atoms with Crippen molar-refractivity contribution in [1.82, 2.24) is 4.65 Å². The van der Waals surface area contributed by atoms with Gasteiger partial charge < -0.3 is 10.3 Å². The Morgan fingerprint density at radius 1 is 1.27 bits per heavy atom. The summed E-state index contributed by atoms with van der Waals surface area (Å²) in [5, 5.41) is 21.9. The summed E-state index contributed by atoms with van der Waals surface area (Å²) in [5.74, 6) is 0.133. The molecular formula is C12H13NO2. The maximum atomic E-state index is 12.4. The van der Waals surface area contributed by atoms with Crippen molar-refractivity contribution in [2.75, 3.05) is 6.54 Å². The lowest BCUT2D eigenvalue weighted by Crippen LogP contribution is -2.40. The van der Waals surface area contributed by atoms with E-state index in [4.69, 9.17) is 0 Å². The molecule has 1 heterocycles. The van der Waals surface area contributed by atoms with Gasteiger partial charge in [0.15, 0.2) is 0 Å². The Kier molecular flexibility index (Phi) is 2.34. The maximum Gasteiger partial charge on any atom is 0.148 e. The van der Waals surface area contributed by atoms with Gasteiger partial charge >= 0.3 is 0 Å². The highest BCUT2D eigenvalue weighted by Gasteiger charge is 2.23. The van der Waals surface area contributed by atoms with Crippen LogP contribution >= 0.6 is 0 Å². The maximum absolute atomic E-state index is 12.4. The Morgan fingerprint density at radius 2 is 1.93 bits per heavy atom. The predicted octanol–water partition coefficient (Wildman–Crippen LogP) is 2.85. The van der Waals surface area contributed by atoms with Crippen LogP contribution in [0.15, 0.2) is 53.9 Å². The highest BCUT2D eigenvalue weighted by atomic mass is 16.5. The van der Waals surface area contributed by atoms with Crippen LogP contribution in [0.25, 0.3) is 0 Å². The Labute approximate surface area is 88.7 Å². The number of hydroxylamine groups is 2. The number of para-hydroxylation sites is 1. The largest absolute Gasteiger partial charge is 0.622 e. The van der Waals surface area contributed by atoms with Crippen LogP contribution in [-0.4, -0.2) is 11.7 Å². The Hall–Kier alpha value is -1.58. The molecule has 1 aromatic rings. The van der Waals surface area contributed by atoms with E-state index in [1.807, 2.05) is 25.1 Å². The number of rotatable bonds is 1. The topological polar surface area (TPSA) is 43.3 Å². The summed E-state index contributed by atoms with van der Waals surface area (Å²) < 4.78 is -0.616. The number of hydrogen-bond acceptors (Lipinski definition) is 2. The summed E-state index contributed by atoms with van der Waals surface area (Å²) in [6, 6.07) is 9.06. The van der Waals surface area contributed by atoms with Gasteiger partial charge in [-0.25, -0.2) is 0 Å². The number of quaternary nitrogens is 1. The lowest BCUT2D eigenvalue weighted by molar-refractivity contribution is 0.346. The second-order valence-corrected chi connectivity index (χ2v) is 3.80. The van der Waals surface area contributed by atoms with E-state index >= 15 is 0 Å². The van der Waals surface area contributed by atoms with Crippen LogP contribution in [0.4, 0.5) is 5.69 Å². The number of aliphatic hydroxyl groups excluding tert-OH is 1. The van der Waals surface area contributed by atoms with E-state index < -0.39 is 4.65 Å². The first kappa shape index (κ1) is 9.96. The van der Waals surface area contributed by atoms with Crippen molar-refractivity contribution in [3.8, 4) is 0 Å². The van der Waals surface area contributed by atoms with Crippen LogP contribution in [0.5, 0.6) is 0 Å². The molecule has 1 atom stereocenters. The van der Waals surface area contributed by atoms with Gasteiger partial charge in [-0.1, -0.05) is 18.2 Å². The van der Waals surface area contributed by atoms with E-state index in [0.717, 1.165) is 5.57 Å². The van der Waals surface area contributed by atoms with Crippen molar-refractivity contribution in [2.24, 2.45) is 0 Å². The zero-order chi connectivity index (χ0) is 10.9. The molecule has 0 amide bonds. The third-order valence-corrected chi connectivity index (χ3v) is 2.40. The number of hydrogen-bond donors (Lipinski definition) is 1. The molecule has 0 unspecified atom stereocenters. The molecule has 0 saturated carbocycles. The number of benzene rings is 1. The van der Waals surface area contributed by atoms with E-state index in [1.165, 1.54) is 0 Å². The van der Waals surface area contributed by atoms with Gasteiger partial charge in [-0.2, -0.15) is 0 Å². The third kappa shape index (κ3) is 1.93. The minimum Gasteiger partial charge on any atom is -0.622 e. The highest BCUT2D eigenvalue weighted by Crippen LogP contribution is 2.27. The van der Waals surface area contributed by atoms with Crippen LogP contribution in [0.3, 0.4) is 0 Å². The van der Waals surface area contributed by atoms with Crippen LogP contribution in [0.2, 0.25) is 0 Å². The van der Waals surface area contributed by atoms with Gasteiger partial charge in [0.1, 0.15) is 24.2 Å². The summed E-state index contributed by atoms with van der Waals surface area (Å²) in [6.45, 7) is 1.88. The zero-order valence-electron chi connectivity index (χ0n) is 8.55. The first-order valence-electron chi connectivity index (χ1n) is 4.83. The van der Waals surface area contributed by atoms with Gasteiger partial charge in [0.05, 0.1) is 0 Å². The van der Waals surface area contributed by atoms with Gasteiger partial charge in [-0.3, -0.25) is 4.65 Å². The molecule has 15 heavy (non-hydrogen) atoms. The highest BCUT2D eigenvalue weighted by molar-refractivity contribution is 5.49. The molecular weight excluding hydrogens is 190 g/mol. The SMILES string of the molecule is CC1=C[N@+]([O-])(c2ccccc2)CC(O)=C1. The summed E-state index contributed by atoms with van der Waals surface area (Å²) in [5.41, 5.74) is 1.43. The monoisotopic (exact) mass is 203 g/mol. The van der Waals surface area contributed by atoms with E-state index in [0.29, 0.717) is 5.69 Å².